The Morgan fingerprint density at radius 3 is 2.76 bits per heavy atom. The van der Waals surface area contributed by atoms with E-state index < -0.39 is 0 Å². The van der Waals surface area contributed by atoms with Crippen LogP contribution in [0.3, 0.4) is 0 Å². The summed E-state index contributed by atoms with van der Waals surface area (Å²) in [7, 11) is 0. The second kappa shape index (κ2) is 8.61. The maximum atomic E-state index is 9.09. The lowest BCUT2D eigenvalue weighted by molar-refractivity contribution is 0.250. The summed E-state index contributed by atoms with van der Waals surface area (Å²) in [4.78, 5) is 2.56. The first-order valence-electron chi connectivity index (χ1n) is 9.32. The maximum Gasteiger partial charge on any atom is 0.0644 e. The minimum Gasteiger partial charge on any atom is -0.394 e. The summed E-state index contributed by atoms with van der Waals surface area (Å²) in [6.45, 7) is 10.1. The van der Waals surface area contributed by atoms with Crippen LogP contribution >= 0.6 is 0 Å². The summed E-state index contributed by atoms with van der Waals surface area (Å²) in [5.74, 6) is 0. The molecule has 1 aromatic carbocycles. The molecule has 1 aromatic heterocycles. The van der Waals surface area contributed by atoms with Crippen LogP contribution in [-0.2, 0) is 26.1 Å². The summed E-state index contributed by atoms with van der Waals surface area (Å²) in [5.41, 5.74) is 6.49. The molecule has 0 unspecified atom stereocenters. The van der Waals surface area contributed by atoms with Gasteiger partial charge in [0.05, 0.1) is 18.8 Å². The number of rotatable bonds is 8. The topological polar surface area (TPSA) is 53.3 Å². The second-order valence-corrected chi connectivity index (χ2v) is 6.92. The molecule has 2 aromatic rings. The van der Waals surface area contributed by atoms with Gasteiger partial charge >= 0.3 is 0 Å². The van der Waals surface area contributed by atoms with E-state index in [1.165, 1.54) is 29.7 Å². The molecule has 1 aliphatic heterocycles. The lowest BCUT2D eigenvalue weighted by Gasteiger charge is -2.28. The van der Waals surface area contributed by atoms with Crippen molar-refractivity contribution in [2.24, 2.45) is 0 Å². The van der Waals surface area contributed by atoms with Gasteiger partial charge in [-0.1, -0.05) is 24.3 Å². The summed E-state index contributed by atoms with van der Waals surface area (Å²) in [5, 5.41) is 17.2. The maximum absolute atomic E-state index is 9.09. The number of aromatic nitrogens is 2. The van der Waals surface area contributed by atoms with E-state index in [2.05, 4.69) is 46.5 Å². The van der Waals surface area contributed by atoms with Crippen molar-refractivity contribution in [3.63, 3.8) is 0 Å². The third kappa shape index (κ3) is 4.48. The van der Waals surface area contributed by atoms with E-state index in [0.29, 0.717) is 6.54 Å². The molecule has 0 saturated heterocycles. The quantitative estimate of drug-likeness (QED) is 0.721. The number of hydrogen-bond acceptors (Lipinski definition) is 4. The van der Waals surface area contributed by atoms with Gasteiger partial charge in [-0.2, -0.15) is 5.10 Å². The van der Waals surface area contributed by atoms with E-state index in [4.69, 9.17) is 5.11 Å². The highest BCUT2D eigenvalue weighted by molar-refractivity contribution is 5.29. The van der Waals surface area contributed by atoms with Gasteiger partial charge in [0.2, 0.25) is 0 Å². The van der Waals surface area contributed by atoms with Crippen LogP contribution in [0.15, 0.2) is 24.3 Å². The third-order valence-electron chi connectivity index (χ3n) is 5.18. The molecule has 0 fully saturated rings. The molecule has 0 radical (unpaired) electrons. The average Bonchev–Trinajstić information content (AvgIpc) is 2.89. The number of fused-ring (bicyclic) bond motifs is 1. The van der Waals surface area contributed by atoms with E-state index in [1.807, 2.05) is 11.6 Å². The molecular formula is C20H30N4O. The Morgan fingerprint density at radius 1 is 1.16 bits per heavy atom. The summed E-state index contributed by atoms with van der Waals surface area (Å²) >= 11 is 0. The molecule has 0 spiro atoms. The Hall–Kier alpha value is -1.69. The van der Waals surface area contributed by atoms with E-state index in [-0.39, 0.29) is 6.61 Å². The van der Waals surface area contributed by atoms with Crippen LogP contribution in [0.1, 0.15) is 34.5 Å². The van der Waals surface area contributed by atoms with Crippen molar-refractivity contribution < 1.29 is 5.11 Å². The lowest BCUT2D eigenvalue weighted by Crippen LogP contribution is -2.32. The van der Waals surface area contributed by atoms with Gasteiger partial charge in [-0.25, -0.2) is 0 Å². The van der Waals surface area contributed by atoms with Crippen LogP contribution in [0.5, 0.6) is 0 Å². The zero-order chi connectivity index (χ0) is 17.6. The molecule has 0 saturated carbocycles. The first kappa shape index (κ1) is 18.1. The standard InChI is InChI=1S/C20H30N4O/c1-16-20(17(2)24(22-16)12-13-25)14-21-9-5-10-23-11-8-18-6-3-4-7-19(18)15-23/h3-4,6-7,21,25H,5,8-15H2,1-2H3. The average molecular weight is 342 g/mol. The zero-order valence-electron chi connectivity index (χ0n) is 15.5. The van der Waals surface area contributed by atoms with E-state index in [1.54, 1.807) is 0 Å². The fourth-order valence-electron chi connectivity index (χ4n) is 3.69. The first-order valence-corrected chi connectivity index (χ1v) is 9.32. The van der Waals surface area contributed by atoms with Crippen molar-refractivity contribution in [3.05, 3.63) is 52.3 Å². The molecule has 25 heavy (non-hydrogen) atoms. The highest BCUT2D eigenvalue weighted by Gasteiger charge is 2.15. The number of hydrogen-bond donors (Lipinski definition) is 2. The number of nitrogens with zero attached hydrogens (tertiary/aromatic N) is 3. The smallest absolute Gasteiger partial charge is 0.0644 e. The predicted octanol–water partition coefficient (Wildman–Crippen LogP) is 2.03. The third-order valence-corrected chi connectivity index (χ3v) is 5.18. The van der Waals surface area contributed by atoms with Crippen molar-refractivity contribution in [3.8, 4) is 0 Å². The van der Waals surface area contributed by atoms with E-state index >= 15 is 0 Å². The van der Waals surface area contributed by atoms with Crippen molar-refractivity contribution in [1.29, 1.82) is 0 Å². The van der Waals surface area contributed by atoms with Gasteiger partial charge in [-0.05, 0) is 50.9 Å². The Labute approximate surface area is 150 Å². The molecular weight excluding hydrogens is 312 g/mol. The Morgan fingerprint density at radius 2 is 1.96 bits per heavy atom. The molecule has 136 valence electrons. The van der Waals surface area contributed by atoms with Crippen LogP contribution in [-0.4, -0.2) is 46.0 Å². The second-order valence-electron chi connectivity index (χ2n) is 6.92. The van der Waals surface area contributed by atoms with Crippen molar-refractivity contribution in [2.75, 3.05) is 26.2 Å². The molecule has 0 aliphatic carbocycles. The van der Waals surface area contributed by atoms with E-state index in [9.17, 15) is 0 Å². The van der Waals surface area contributed by atoms with Crippen molar-refractivity contribution >= 4 is 0 Å². The number of aliphatic hydroxyl groups excluding tert-OH is 1. The Kier molecular flexibility index (Phi) is 6.24. The summed E-state index contributed by atoms with van der Waals surface area (Å²) in [6.07, 6.45) is 2.33. The van der Waals surface area contributed by atoms with Crippen molar-refractivity contribution in [2.45, 2.75) is 46.3 Å². The molecule has 3 rings (SSSR count). The van der Waals surface area contributed by atoms with Gasteiger partial charge in [0.1, 0.15) is 0 Å². The van der Waals surface area contributed by atoms with E-state index in [0.717, 1.165) is 44.0 Å². The highest BCUT2D eigenvalue weighted by atomic mass is 16.3. The molecule has 1 aliphatic rings. The minimum atomic E-state index is 0.133. The normalized spacial score (nSPS) is 14.7. The summed E-state index contributed by atoms with van der Waals surface area (Å²) in [6, 6.07) is 8.81. The molecule has 2 heterocycles. The monoisotopic (exact) mass is 342 g/mol. The number of benzene rings is 1. The zero-order valence-corrected chi connectivity index (χ0v) is 15.5. The first-order chi connectivity index (χ1) is 12.2. The van der Waals surface area contributed by atoms with Crippen LogP contribution in [0, 0.1) is 13.8 Å². The number of nitrogens with one attached hydrogen (secondary N) is 1. The van der Waals surface area contributed by atoms with Gasteiger partial charge in [0.25, 0.3) is 0 Å². The van der Waals surface area contributed by atoms with Crippen LogP contribution in [0.25, 0.3) is 0 Å². The van der Waals surface area contributed by atoms with Crippen LogP contribution in [0.4, 0.5) is 0 Å². The Bertz CT molecular complexity index is 695. The molecule has 0 atom stereocenters. The highest BCUT2D eigenvalue weighted by Crippen LogP contribution is 2.18. The van der Waals surface area contributed by atoms with Gasteiger partial charge in [0, 0.05) is 30.9 Å². The molecule has 5 nitrogen and oxygen atoms in total. The van der Waals surface area contributed by atoms with Crippen LogP contribution < -0.4 is 5.32 Å². The molecule has 5 heteroatoms. The van der Waals surface area contributed by atoms with Crippen molar-refractivity contribution in [1.82, 2.24) is 20.0 Å². The fourth-order valence-corrected chi connectivity index (χ4v) is 3.69. The SMILES string of the molecule is Cc1nn(CCO)c(C)c1CNCCCN1CCc2ccccc2C1. The van der Waals surface area contributed by atoms with Gasteiger partial charge in [0.15, 0.2) is 0 Å². The van der Waals surface area contributed by atoms with Gasteiger partial charge < -0.3 is 10.4 Å². The molecule has 2 N–H and O–H groups in total. The van der Waals surface area contributed by atoms with Gasteiger partial charge in [-0.15, -0.1) is 0 Å². The number of aliphatic hydroxyl groups is 1. The fraction of sp³-hybridized carbons (Fsp3) is 0.550. The molecule has 0 amide bonds. The van der Waals surface area contributed by atoms with Gasteiger partial charge in [-0.3, -0.25) is 9.58 Å². The number of aryl methyl sites for hydroxylation is 1. The molecule has 0 bridgehead atoms. The lowest BCUT2D eigenvalue weighted by atomic mass is 10.00. The van der Waals surface area contributed by atoms with Crippen LogP contribution in [0.2, 0.25) is 0 Å². The summed E-state index contributed by atoms with van der Waals surface area (Å²) < 4.78 is 1.90. The largest absolute Gasteiger partial charge is 0.394 e. The minimum absolute atomic E-state index is 0.133. The predicted molar refractivity (Wildman–Crippen MR) is 101 cm³/mol. The Balaban J connectivity index is 1.40.